The van der Waals surface area contributed by atoms with E-state index in [1.165, 1.54) is 6.07 Å². The minimum absolute atomic E-state index is 0.0873. The van der Waals surface area contributed by atoms with Gasteiger partial charge in [-0.15, -0.1) is 0 Å². The van der Waals surface area contributed by atoms with Crippen molar-refractivity contribution < 1.29 is 23.4 Å². The van der Waals surface area contributed by atoms with Crippen molar-refractivity contribution in [2.75, 3.05) is 40.0 Å². The molecular formula is C25H31FN2O4. The highest BCUT2D eigenvalue weighted by atomic mass is 19.1. The fourth-order valence-electron chi connectivity index (χ4n) is 4.37. The molecular weight excluding hydrogens is 411 g/mol. The molecule has 0 bridgehead atoms. The van der Waals surface area contributed by atoms with Crippen LogP contribution in [0.25, 0.3) is 0 Å². The molecule has 0 N–H and O–H groups in total. The highest BCUT2D eigenvalue weighted by Gasteiger charge is 2.33. The smallest absolute Gasteiger partial charge is 0.237 e. The Hall–Kier alpha value is -2.48. The Bertz CT molecular complexity index is 886. The van der Waals surface area contributed by atoms with E-state index < -0.39 is 0 Å². The molecule has 2 heterocycles. The van der Waals surface area contributed by atoms with Gasteiger partial charge in [-0.05, 0) is 36.6 Å². The maximum absolute atomic E-state index is 14.1. The molecule has 0 aromatic heterocycles. The lowest BCUT2D eigenvalue weighted by molar-refractivity contribution is -0.133. The molecule has 2 aromatic carbocycles. The Labute approximate surface area is 188 Å². The summed E-state index contributed by atoms with van der Waals surface area (Å²) in [6, 6.07) is 14.7. The summed E-state index contributed by atoms with van der Waals surface area (Å²) in [5.41, 5.74) is 1.56. The van der Waals surface area contributed by atoms with Crippen LogP contribution < -0.4 is 4.74 Å². The summed E-state index contributed by atoms with van der Waals surface area (Å²) >= 11 is 0. The highest BCUT2D eigenvalue weighted by Crippen LogP contribution is 2.21. The van der Waals surface area contributed by atoms with Gasteiger partial charge in [-0.25, -0.2) is 4.39 Å². The molecule has 172 valence electrons. The average Bonchev–Trinajstić information content (AvgIpc) is 2.98. The second-order valence-corrected chi connectivity index (χ2v) is 8.42. The number of rotatable bonds is 7. The molecule has 2 aliphatic rings. The maximum atomic E-state index is 14.1. The van der Waals surface area contributed by atoms with Crippen LogP contribution in [0.5, 0.6) is 5.75 Å². The van der Waals surface area contributed by atoms with Gasteiger partial charge in [0.15, 0.2) is 0 Å². The molecule has 2 aliphatic heterocycles. The van der Waals surface area contributed by atoms with E-state index in [1.54, 1.807) is 19.2 Å². The molecule has 1 amide bonds. The zero-order chi connectivity index (χ0) is 22.3. The van der Waals surface area contributed by atoms with Crippen LogP contribution >= 0.6 is 0 Å². The van der Waals surface area contributed by atoms with Crippen LogP contribution in [0.1, 0.15) is 24.0 Å². The SMILES string of the molecule is COc1ccc(CN2CC(OCc3ccccc3F)CN(C3CCOCC3)CC2=O)cc1. The van der Waals surface area contributed by atoms with Crippen LogP contribution in [0.3, 0.4) is 0 Å². The number of benzene rings is 2. The van der Waals surface area contributed by atoms with Crippen molar-refractivity contribution in [3.8, 4) is 5.75 Å². The van der Waals surface area contributed by atoms with E-state index in [9.17, 15) is 9.18 Å². The molecule has 1 unspecified atom stereocenters. The molecule has 2 aromatic rings. The van der Waals surface area contributed by atoms with Crippen LogP contribution in [0.4, 0.5) is 4.39 Å². The van der Waals surface area contributed by atoms with Crippen LogP contribution in [0.15, 0.2) is 48.5 Å². The number of nitrogens with zero attached hydrogens (tertiary/aromatic N) is 2. The second kappa shape index (κ2) is 10.9. The van der Waals surface area contributed by atoms with Gasteiger partial charge in [0.25, 0.3) is 0 Å². The summed E-state index contributed by atoms with van der Waals surface area (Å²) in [4.78, 5) is 17.3. The van der Waals surface area contributed by atoms with Gasteiger partial charge in [0.2, 0.25) is 5.91 Å². The zero-order valence-corrected chi connectivity index (χ0v) is 18.5. The zero-order valence-electron chi connectivity index (χ0n) is 18.5. The van der Waals surface area contributed by atoms with E-state index in [1.807, 2.05) is 35.2 Å². The molecule has 0 spiro atoms. The number of carbonyl (C=O) groups excluding carboxylic acids is 1. The third-order valence-corrected chi connectivity index (χ3v) is 6.23. The molecule has 2 saturated heterocycles. The van der Waals surface area contributed by atoms with Gasteiger partial charge in [-0.1, -0.05) is 30.3 Å². The van der Waals surface area contributed by atoms with Crippen molar-refractivity contribution >= 4 is 5.91 Å². The topological polar surface area (TPSA) is 51.2 Å². The standard InChI is InChI=1S/C25H31FN2O4/c1-30-22-8-6-19(7-9-22)14-28-16-23(32-18-20-4-2-3-5-24(20)26)15-27(17-25(28)29)21-10-12-31-13-11-21/h2-9,21,23H,10-18H2,1H3. The molecule has 6 nitrogen and oxygen atoms in total. The number of hydrogen-bond donors (Lipinski definition) is 0. The molecule has 7 heteroatoms. The Morgan fingerprint density at radius 1 is 1.06 bits per heavy atom. The van der Waals surface area contributed by atoms with Crippen LogP contribution in [0, 0.1) is 5.82 Å². The van der Waals surface area contributed by atoms with Crippen molar-refractivity contribution in [3.05, 3.63) is 65.5 Å². The third-order valence-electron chi connectivity index (χ3n) is 6.23. The normalized spacial score (nSPS) is 20.9. The third kappa shape index (κ3) is 5.85. The van der Waals surface area contributed by atoms with E-state index >= 15 is 0 Å². The molecule has 4 rings (SSSR count). The molecule has 0 saturated carbocycles. The molecule has 2 fully saturated rings. The van der Waals surface area contributed by atoms with Gasteiger partial charge in [0, 0.05) is 44.5 Å². The van der Waals surface area contributed by atoms with Crippen LogP contribution in [0.2, 0.25) is 0 Å². The first-order valence-electron chi connectivity index (χ1n) is 11.2. The molecule has 0 aliphatic carbocycles. The summed E-state index contributed by atoms with van der Waals surface area (Å²) in [7, 11) is 1.63. The van der Waals surface area contributed by atoms with E-state index in [0.29, 0.717) is 51.0 Å². The van der Waals surface area contributed by atoms with E-state index in [2.05, 4.69) is 4.90 Å². The summed E-state index contributed by atoms with van der Waals surface area (Å²) in [6.45, 7) is 3.59. The van der Waals surface area contributed by atoms with Gasteiger partial charge < -0.3 is 19.1 Å². The van der Waals surface area contributed by atoms with Crippen molar-refractivity contribution in [2.24, 2.45) is 0 Å². The fourth-order valence-corrected chi connectivity index (χ4v) is 4.37. The molecule has 32 heavy (non-hydrogen) atoms. The number of halogens is 1. The van der Waals surface area contributed by atoms with Gasteiger partial charge in [0.1, 0.15) is 11.6 Å². The highest BCUT2D eigenvalue weighted by molar-refractivity contribution is 5.78. The Morgan fingerprint density at radius 3 is 2.53 bits per heavy atom. The van der Waals surface area contributed by atoms with E-state index in [4.69, 9.17) is 14.2 Å². The first kappa shape index (κ1) is 22.7. The van der Waals surface area contributed by atoms with Gasteiger partial charge >= 0.3 is 0 Å². The maximum Gasteiger partial charge on any atom is 0.237 e. The second-order valence-electron chi connectivity index (χ2n) is 8.42. The van der Waals surface area contributed by atoms with Crippen molar-refractivity contribution in [1.29, 1.82) is 0 Å². The van der Waals surface area contributed by atoms with Gasteiger partial charge in [-0.2, -0.15) is 0 Å². The monoisotopic (exact) mass is 442 g/mol. The van der Waals surface area contributed by atoms with Crippen LogP contribution in [-0.4, -0.2) is 67.8 Å². The number of methoxy groups -OCH3 is 1. The number of ether oxygens (including phenoxy) is 3. The quantitative estimate of drug-likeness (QED) is 0.659. The van der Waals surface area contributed by atoms with E-state index in [0.717, 1.165) is 24.2 Å². The van der Waals surface area contributed by atoms with Gasteiger partial charge in [0.05, 0.1) is 26.4 Å². The summed E-state index contributed by atoms with van der Waals surface area (Å²) in [5.74, 6) is 0.602. The predicted octanol–water partition coefficient (Wildman–Crippen LogP) is 3.24. The first-order chi connectivity index (χ1) is 15.6. The first-order valence-corrected chi connectivity index (χ1v) is 11.2. The molecule has 0 radical (unpaired) electrons. The Balaban J connectivity index is 1.48. The summed E-state index contributed by atoms with van der Waals surface area (Å²) in [5, 5.41) is 0. The Morgan fingerprint density at radius 2 is 1.81 bits per heavy atom. The van der Waals surface area contributed by atoms with Crippen molar-refractivity contribution in [1.82, 2.24) is 9.80 Å². The predicted molar refractivity (Wildman–Crippen MR) is 119 cm³/mol. The fraction of sp³-hybridized carbons (Fsp3) is 0.480. The Kier molecular flexibility index (Phi) is 7.73. The average molecular weight is 443 g/mol. The largest absolute Gasteiger partial charge is 0.497 e. The van der Waals surface area contributed by atoms with Crippen molar-refractivity contribution in [2.45, 2.75) is 38.1 Å². The lowest BCUT2D eigenvalue weighted by Crippen LogP contribution is -2.45. The van der Waals surface area contributed by atoms with E-state index in [-0.39, 0.29) is 24.4 Å². The van der Waals surface area contributed by atoms with Crippen molar-refractivity contribution in [3.63, 3.8) is 0 Å². The van der Waals surface area contributed by atoms with Crippen LogP contribution in [-0.2, 0) is 27.4 Å². The molecule has 1 atom stereocenters. The summed E-state index contributed by atoms with van der Waals surface area (Å²) in [6.07, 6.45) is 1.61. The number of carbonyl (C=O) groups is 1. The minimum atomic E-state index is -0.270. The lowest BCUT2D eigenvalue weighted by Gasteiger charge is -2.34. The minimum Gasteiger partial charge on any atom is -0.497 e. The number of amides is 1. The lowest BCUT2D eigenvalue weighted by atomic mass is 10.1. The van der Waals surface area contributed by atoms with Gasteiger partial charge in [-0.3, -0.25) is 9.69 Å². The summed E-state index contributed by atoms with van der Waals surface area (Å²) < 4.78 is 31.0. The number of hydrogen-bond acceptors (Lipinski definition) is 5.